The first-order chi connectivity index (χ1) is 43.0. The Bertz CT molecular complexity index is 2040. The molecule has 500 valence electrons. The number of rotatable bonds is 63. The predicted octanol–water partition coefficient (Wildman–Crippen LogP) is 22.5. The van der Waals surface area contributed by atoms with E-state index >= 15 is 0 Å². The third kappa shape index (κ3) is 70.7. The van der Waals surface area contributed by atoms with E-state index in [0.29, 0.717) is 17.4 Å². The number of likely N-dealkylation sites (N-methyl/N-ethyl adjacent to an activating group) is 1. The zero-order valence-corrected chi connectivity index (χ0v) is 57.8. The maximum absolute atomic E-state index is 12.9. The first-order valence-electron chi connectivity index (χ1n) is 35.2. The summed E-state index contributed by atoms with van der Waals surface area (Å²) in [6, 6.07) is 0. The van der Waals surface area contributed by atoms with Crippen molar-refractivity contribution in [2.24, 2.45) is 0 Å². The van der Waals surface area contributed by atoms with Gasteiger partial charge in [0.15, 0.2) is 6.10 Å². The van der Waals surface area contributed by atoms with Crippen LogP contribution in [0.25, 0.3) is 0 Å². The van der Waals surface area contributed by atoms with Crippen LogP contribution in [0.1, 0.15) is 271 Å². The second-order valence-corrected chi connectivity index (χ2v) is 25.5. The highest BCUT2D eigenvalue weighted by atomic mass is 31.2. The predicted molar refractivity (Wildman–Crippen MR) is 378 cm³/mol. The number of hydrogen-bond acceptors (Lipinski definition) is 8. The molecule has 0 aliphatic carbocycles. The smallest absolute Gasteiger partial charge is 0.306 e. The highest BCUT2D eigenvalue weighted by Crippen LogP contribution is 2.38. The number of carbonyl (C=O) groups is 2. The Labute approximate surface area is 541 Å². The number of ether oxygens (including phenoxy) is 2. The quantitative estimate of drug-likeness (QED) is 0.0195. The standard InChI is InChI=1S/C78H130NO8P/c1-6-8-10-12-14-16-18-20-22-24-26-28-30-32-33-34-35-36-37-38-39-40-41-42-43-44-45-47-49-51-53-55-57-59-61-63-65-67-69-71-78(81)87-76(75-86-88(82,83)85-73-72-79(3,4)5)74-84-77(80)70-68-66-64-62-60-58-56-54-52-50-48-46-31-29-27-25-23-21-19-17-15-13-11-9-7-2/h8-11,14-17,20-23,26-29,32-33,35-36,38-39,41-42,46,48,76H,6-7,12-13,18-19,24-25,30-31,34,37,40,43-45,47,49-75H2,1-5H3/b10-8-,11-9-,16-14-,17-15-,22-20-,23-21-,28-26-,29-27-,33-32-,36-35-,39-38-,42-41-,48-46-. The van der Waals surface area contributed by atoms with Crippen LogP contribution < -0.4 is 4.89 Å². The van der Waals surface area contributed by atoms with Crippen molar-refractivity contribution in [3.8, 4) is 0 Å². The van der Waals surface area contributed by atoms with Gasteiger partial charge in [-0.15, -0.1) is 0 Å². The van der Waals surface area contributed by atoms with Gasteiger partial charge in [-0.05, 0) is 122 Å². The van der Waals surface area contributed by atoms with Crippen molar-refractivity contribution in [2.75, 3.05) is 47.5 Å². The molecule has 0 saturated heterocycles. The molecule has 0 fully saturated rings. The molecule has 0 amide bonds. The van der Waals surface area contributed by atoms with E-state index in [4.69, 9.17) is 18.5 Å². The number of esters is 2. The van der Waals surface area contributed by atoms with Crippen molar-refractivity contribution in [1.82, 2.24) is 0 Å². The number of nitrogens with zero attached hydrogens (tertiary/aromatic N) is 1. The Morgan fingerprint density at radius 2 is 0.614 bits per heavy atom. The SMILES string of the molecule is CC/C=C\C/C=C\C/C=C\C/C=C\C/C=C\C/C=C\C/C=C\C/C=C\CCCCCCCCCCCCCCCCC(=O)OC(COC(=O)CCCCCCCCCCC/C=C\C/C=C\C/C=C\C/C=C\C/C=C\CC)COP(=O)([O-])OCC[N+](C)(C)C. The van der Waals surface area contributed by atoms with E-state index in [1.54, 1.807) is 0 Å². The summed E-state index contributed by atoms with van der Waals surface area (Å²) in [5.74, 6) is -0.845. The lowest BCUT2D eigenvalue weighted by Crippen LogP contribution is -2.37. The monoisotopic (exact) mass is 1240 g/mol. The van der Waals surface area contributed by atoms with Crippen molar-refractivity contribution in [3.63, 3.8) is 0 Å². The summed E-state index contributed by atoms with van der Waals surface area (Å²) in [6.07, 6.45) is 100. The fourth-order valence-corrected chi connectivity index (χ4v) is 9.96. The van der Waals surface area contributed by atoms with Gasteiger partial charge in [0.1, 0.15) is 19.8 Å². The number of hydrogen-bond donors (Lipinski definition) is 0. The second kappa shape index (κ2) is 67.0. The highest BCUT2D eigenvalue weighted by molar-refractivity contribution is 7.45. The highest BCUT2D eigenvalue weighted by Gasteiger charge is 2.22. The van der Waals surface area contributed by atoms with Gasteiger partial charge in [-0.1, -0.05) is 294 Å². The van der Waals surface area contributed by atoms with Gasteiger partial charge in [0, 0.05) is 12.8 Å². The summed E-state index contributed by atoms with van der Waals surface area (Å²) in [7, 11) is 1.15. The van der Waals surface area contributed by atoms with Gasteiger partial charge in [-0.3, -0.25) is 14.2 Å². The molecule has 0 spiro atoms. The van der Waals surface area contributed by atoms with Crippen molar-refractivity contribution < 1.29 is 42.1 Å². The van der Waals surface area contributed by atoms with Crippen LogP contribution in [0, 0.1) is 0 Å². The zero-order chi connectivity index (χ0) is 64.1. The third-order valence-electron chi connectivity index (χ3n) is 14.5. The number of phosphoric ester groups is 1. The largest absolute Gasteiger partial charge is 0.756 e. The average Bonchev–Trinajstić information content (AvgIpc) is 3.68. The third-order valence-corrected chi connectivity index (χ3v) is 15.5. The molecule has 2 unspecified atom stereocenters. The Hall–Kier alpha value is -4.37. The number of phosphoric acid groups is 1. The van der Waals surface area contributed by atoms with E-state index in [1.165, 1.54) is 103 Å². The van der Waals surface area contributed by atoms with E-state index in [9.17, 15) is 19.0 Å². The van der Waals surface area contributed by atoms with Gasteiger partial charge in [0.25, 0.3) is 7.82 Å². The molecule has 88 heavy (non-hydrogen) atoms. The molecule has 0 saturated carbocycles. The van der Waals surface area contributed by atoms with Gasteiger partial charge in [0.2, 0.25) is 0 Å². The van der Waals surface area contributed by atoms with E-state index in [0.717, 1.165) is 135 Å². The summed E-state index contributed by atoms with van der Waals surface area (Å²) in [5.41, 5.74) is 0. The molecule has 0 aliphatic heterocycles. The van der Waals surface area contributed by atoms with Gasteiger partial charge in [0.05, 0.1) is 27.7 Å². The summed E-state index contributed by atoms with van der Waals surface area (Å²) in [4.78, 5) is 38.1. The summed E-state index contributed by atoms with van der Waals surface area (Å²) >= 11 is 0. The number of quaternary nitrogens is 1. The zero-order valence-electron chi connectivity index (χ0n) is 56.9. The lowest BCUT2D eigenvalue weighted by Gasteiger charge is -2.28. The molecule has 0 aromatic rings. The van der Waals surface area contributed by atoms with Crippen LogP contribution in [0.15, 0.2) is 158 Å². The van der Waals surface area contributed by atoms with Crippen LogP contribution in [-0.4, -0.2) is 70.0 Å². The number of carbonyl (C=O) groups excluding carboxylic acids is 2. The average molecular weight is 1240 g/mol. The van der Waals surface area contributed by atoms with Crippen molar-refractivity contribution in [1.29, 1.82) is 0 Å². The molecule has 0 N–H and O–H groups in total. The molecule has 9 nitrogen and oxygen atoms in total. The maximum atomic E-state index is 12.9. The summed E-state index contributed by atoms with van der Waals surface area (Å²) in [6.45, 7) is 4.00. The first kappa shape index (κ1) is 83.6. The first-order valence-corrected chi connectivity index (χ1v) is 36.7. The maximum Gasteiger partial charge on any atom is 0.306 e. The number of allylic oxidation sites excluding steroid dienone is 26. The van der Waals surface area contributed by atoms with Crippen molar-refractivity contribution in [2.45, 2.75) is 277 Å². The topological polar surface area (TPSA) is 111 Å². The minimum atomic E-state index is -4.65. The lowest BCUT2D eigenvalue weighted by atomic mass is 10.0. The minimum Gasteiger partial charge on any atom is -0.756 e. The normalized spacial score (nSPS) is 14.1. The molecule has 0 aromatic carbocycles. The molecule has 0 rings (SSSR count). The second-order valence-electron chi connectivity index (χ2n) is 24.1. The fraction of sp³-hybridized carbons (Fsp3) is 0.641. The Morgan fingerprint density at radius 3 is 0.909 bits per heavy atom. The minimum absolute atomic E-state index is 0.0387. The molecular weight excluding hydrogens is 1110 g/mol. The molecule has 2 atom stereocenters. The molecule has 0 aliphatic rings. The van der Waals surface area contributed by atoms with E-state index in [2.05, 4.69) is 172 Å². The van der Waals surface area contributed by atoms with Crippen LogP contribution in [0.2, 0.25) is 0 Å². The number of unbranched alkanes of at least 4 members (excludes halogenated alkanes) is 23. The van der Waals surface area contributed by atoms with Gasteiger partial charge in [-0.25, -0.2) is 0 Å². The lowest BCUT2D eigenvalue weighted by molar-refractivity contribution is -0.870. The molecular formula is C78H130NO8P. The summed E-state index contributed by atoms with van der Waals surface area (Å²) < 4.78 is 34.3. The van der Waals surface area contributed by atoms with Crippen LogP contribution in [0.4, 0.5) is 0 Å². The van der Waals surface area contributed by atoms with Crippen LogP contribution in [0.3, 0.4) is 0 Å². The fourth-order valence-electron chi connectivity index (χ4n) is 9.23. The van der Waals surface area contributed by atoms with Gasteiger partial charge < -0.3 is 27.9 Å². The molecule has 0 aromatic heterocycles. The Balaban J connectivity index is 4.08. The van der Waals surface area contributed by atoms with Gasteiger partial charge in [-0.2, -0.15) is 0 Å². The van der Waals surface area contributed by atoms with Crippen LogP contribution in [-0.2, 0) is 32.7 Å². The summed E-state index contributed by atoms with van der Waals surface area (Å²) in [5, 5.41) is 0. The van der Waals surface area contributed by atoms with Gasteiger partial charge >= 0.3 is 11.9 Å². The van der Waals surface area contributed by atoms with Crippen LogP contribution in [0.5, 0.6) is 0 Å². The van der Waals surface area contributed by atoms with E-state index in [1.807, 2.05) is 21.1 Å². The van der Waals surface area contributed by atoms with E-state index in [-0.39, 0.29) is 26.1 Å². The van der Waals surface area contributed by atoms with E-state index < -0.39 is 32.5 Å². The molecule has 0 radical (unpaired) electrons. The Morgan fingerprint density at radius 1 is 0.352 bits per heavy atom. The Kier molecular flexibility index (Phi) is 63.7. The van der Waals surface area contributed by atoms with Crippen molar-refractivity contribution >= 4 is 19.8 Å². The van der Waals surface area contributed by atoms with Crippen molar-refractivity contribution in [3.05, 3.63) is 158 Å². The molecule has 0 heterocycles. The molecule has 10 heteroatoms. The molecule has 0 bridgehead atoms. The van der Waals surface area contributed by atoms with Crippen LogP contribution >= 0.6 is 7.82 Å².